The van der Waals surface area contributed by atoms with E-state index in [-0.39, 0.29) is 12.0 Å². The van der Waals surface area contributed by atoms with E-state index < -0.39 is 16.6 Å². The number of alkyl halides is 2. The largest absolute Gasteiger partial charge is 0.486 e. The van der Waals surface area contributed by atoms with E-state index in [2.05, 4.69) is 15.6 Å². The Morgan fingerprint density at radius 1 is 1.21 bits per heavy atom. The number of nitrogens with one attached hydrogen (secondary N) is 2. The molecule has 1 aliphatic rings. The van der Waals surface area contributed by atoms with Crippen LogP contribution >= 0.6 is 35.4 Å². The number of aryl methyl sites for hydroxylation is 1. The Morgan fingerprint density at radius 2 is 1.95 bits per heavy atom. The minimum Gasteiger partial charge on any atom is -0.486 e. The summed E-state index contributed by atoms with van der Waals surface area (Å²) in [5.41, 5.74) is 3.21. The Labute approximate surface area is 237 Å². The number of allylic oxidation sites excluding steroid dienone is 3. The zero-order valence-electron chi connectivity index (χ0n) is 21.8. The van der Waals surface area contributed by atoms with E-state index in [1.165, 1.54) is 4.57 Å². The van der Waals surface area contributed by atoms with Gasteiger partial charge in [0.15, 0.2) is 10.9 Å². The summed E-state index contributed by atoms with van der Waals surface area (Å²) in [4.78, 5) is 16.9. The van der Waals surface area contributed by atoms with E-state index in [1.807, 2.05) is 95.3 Å². The van der Waals surface area contributed by atoms with Crippen molar-refractivity contribution >= 4 is 63.3 Å². The second kappa shape index (κ2) is 11.0. The highest BCUT2D eigenvalue weighted by molar-refractivity contribution is 7.80. The molecular formula is C28H30Cl2N4O3S. The van der Waals surface area contributed by atoms with Crippen molar-refractivity contribution in [2.75, 3.05) is 5.32 Å². The summed E-state index contributed by atoms with van der Waals surface area (Å²) in [6.07, 6.45) is 5.02. The first-order valence-corrected chi connectivity index (χ1v) is 13.3. The lowest BCUT2D eigenvalue weighted by atomic mass is 10.00. The number of carbonyl (C=O) groups is 1. The smallest absolute Gasteiger partial charge is 0.420 e. The first kappa shape index (κ1) is 28.0. The molecule has 0 amide bonds. The van der Waals surface area contributed by atoms with Crippen LogP contribution in [0.3, 0.4) is 0 Å². The molecule has 3 aromatic rings. The summed E-state index contributed by atoms with van der Waals surface area (Å²) in [6, 6.07) is 13.0. The van der Waals surface area contributed by atoms with Gasteiger partial charge in [-0.3, -0.25) is 0 Å². The van der Waals surface area contributed by atoms with Crippen LogP contribution in [0.25, 0.3) is 11.0 Å². The van der Waals surface area contributed by atoms with Gasteiger partial charge in [-0.15, -0.1) is 23.2 Å². The number of imidazole rings is 1. The number of anilines is 1. The molecule has 1 aromatic heterocycles. The van der Waals surface area contributed by atoms with Crippen molar-refractivity contribution in [1.82, 2.24) is 14.9 Å². The fraction of sp³-hybridized carbons (Fsp3) is 0.321. The molecule has 200 valence electrons. The van der Waals surface area contributed by atoms with Gasteiger partial charge in [0.1, 0.15) is 18.0 Å². The summed E-state index contributed by atoms with van der Waals surface area (Å²) in [5.74, 6) is 1.07. The molecule has 4 rings (SSSR count). The van der Waals surface area contributed by atoms with Gasteiger partial charge in [0.2, 0.25) is 0 Å². The molecule has 1 aliphatic carbocycles. The molecule has 0 aliphatic heterocycles. The number of para-hydroxylation sites is 2. The number of benzene rings is 2. The molecule has 2 unspecified atom stereocenters. The number of ether oxygens (including phenoxy) is 2. The zero-order valence-corrected chi connectivity index (χ0v) is 24.2. The van der Waals surface area contributed by atoms with Crippen LogP contribution in [0.4, 0.5) is 10.5 Å². The fourth-order valence-electron chi connectivity index (χ4n) is 3.87. The van der Waals surface area contributed by atoms with Gasteiger partial charge in [-0.25, -0.2) is 14.3 Å². The van der Waals surface area contributed by atoms with Crippen molar-refractivity contribution in [2.45, 2.75) is 57.1 Å². The number of aromatic nitrogens is 2. The van der Waals surface area contributed by atoms with E-state index in [0.29, 0.717) is 27.7 Å². The number of nitrogens with zero attached hydrogens (tertiary/aromatic N) is 2. The zero-order chi connectivity index (χ0) is 27.7. The van der Waals surface area contributed by atoms with E-state index in [9.17, 15) is 4.79 Å². The monoisotopic (exact) mass is 572 g/mol. The molecule has 38 heavy (non-hydrogen) atoms. The van der Waals surface area contributed by atoms with Crippen molar-refractivity contribution in [3.05, 3.63) is 77.8 Å². The summed E-state index contributed by atoms with van der Waals surface area (Å²) in [7, 11) is 0. The normalized spacial score (nSPS) is 19.1. The van der Waals surface area contributed by atoms with Crippen LogP contribution in [0.1, 0.15) is 39.1 Å². The number of carbonyl (C=O) groups excluding carboxylic acids is 1. The van der Waals surface area contributed by atoms with Crippen LogP contribution in [-0.2, 0) is 11.3 Å². The second-order valence-corrected chi connectivity index (χ2v) is 11.9. The molecule has 2 N–H and O–H groups in total. The Kier molecular flexibility index (Phi) is 8.06. The quantitative estimate of drug-likeness (QED) is 0.250. The Balaban J connectivity index is 1.45. The summed E-state index contributed by atoms with van der Waals surface area (Å²) >= 11 is 18.2. The predicted octanol–water partition coefficient (Wildman–Crippen LogP) is 7.05. The highest BCUT2D eigenvalue weighted by Crippen LogP contribution is 2.31. The van der Waals surface area contributed by atoms with Crippen LogP contribution in [0.15, 0.2) is 66.4 Å². The Bertz CT molecular complexity index is 1440. The summed E-state index contributed by atoms with van der Waals surface area (Å²) < 4.78 is 13.1. The fourth-order valence-corrected chi connectivity index (χ4v) is 4.42. The molecule has 0 saturated heterocycles. The third-order valence-electron chi connectivity index (χ3n) is 5.70. The lowest BCUT2D eigenvalue weighted by molar-refractivity contribution is 0.0533. The van der Waals surface area contributed by atoms with E-state index >= 15 is 0 Å². The standard InChI is InChI=1S/C28H30Cl2N4O3S/c1-17-14-19(11-12-20(17)33-25(38)31-18-10-13-23(29)28(5,30)15-18)36-16-24-32-21-8-6-7-9-22(21)34(24)26(35)37-27(2,3)4/h6-15,23H,16H2,1-5H3,(H2,31,33,38). The topological polar surface area (TPSA) is 77.4 Å². The highest BCUT2D eigenvalue weighted by Gasteiger charge is 2.29. The van der Waals surface area contributed by atoms with Crippen molar-refractivity contribution in [3.8, 4) is 5.75 Å². The van der Waals surface area contributed by atoms with E-state index in [4.69, 9.17) is 44.9 Å². The lowest BCUT2D eigenvalue weighted by Gasteiger charge is -2.26. The number of thiocarbonyl (C=S) groups is 1. The lowest BCUT2D eigenvalue weighted by Crippen LogP contribution is -2.34. The van der Waals surface area contributed by atoms with Gasteiger partial charge in [0.05, 0.1) is 21.3 Å². The molecular weight excluding hydrogens is 543 g/mol. The molecule has 0 bridgehead atoms. The van der Waals surface area contributed by atoms with E-state index in [1.54, 1.807) is 0 Å². The van der Waals surface area contributed by atoms with E-state index in [0.717, 1.165) is 16.9 Å². The molecule has 1 heterocycles. The minimum absolute atomic E-state index is 0.0827. The van der Waals surface area contributed by atoms with Gasteiger partial charge >= 0.3 is 6.09 Å². The molecule has 10 heteroatoms. The average molecular weight is 574 g/mol. The Morgan fingerprint density at radius 3 is 2.63 bits per heavy atom. The molecule has 2 aromatic carbocycles. The molecule has 2 atom stereocenters. The number of rotatable bonds is 5. The Hall–Kier alpha value is -3.07. The van der Waals surface area contributed by atoms with Crippen LogP contribution in [0.5, 0.6) is 5.75 Å². The number of hydrogen-bond donors (Lipinski definition) is 2. The SMILES string of the molecule is Cc1cc(OCc2nc3ccccc3n2C(=O)OC(C)(C)C)ccc1NC(=S)NC1=CC(C)(Cl)C(Cl)C=C1. The van der Waals surface area contributed by atoms with Crippen LogP contribution < -0.4 is 15.4 Å². The first-order chi connectivity index (χ1) is 17.8. The van der Waals surface area contributed by atoms with Gasteiger partial charge in [0, 0.05) is 11.4 Å². The average Bonchev–Trinajstić information content (AvgIpc) is 3.19. The molecule has 0 spiro atoms. The summed E-state index contributed by atoms with van der Waals surface area (Å²) in [6.45, 7) is 9.35. The third-order valence-corrected chi connectivity index (χ3v) is 6.96. The van der Waals surface area contributed by atoms with Gasteiger partial charge in [-0.2, -0.15) is 0 Å². The number of hydrogen-bond acceptors (Lipinski definition) is 5. The van der Waals surface area contributed by atoms with Crippen LogP contribution in [0.2, 0.25) is 0 Å². The maximum absolute atomic E-state index is 13.0. The molecule has 0 radical (unpaired) electrons. The van der Waals surface area contributed by atoms with Crippen molar-refractivity contribution < 1.29 is 14.3 Å². The number of fused-ring (bicyclic) bond motifs is 1. The van der Waals surface area contributed by atoms with Crippen molar-refractivity contribution in [1.29, 1.82) is 0 Å². The molecule has 0 fully saturated rings. The van der Waals surface area contributed by atoms with Crippen LogP contribution in [0, 0.1) is 6.92 Å². The molecule has 0 saturated carbocycles. The second-order valence-electron chi connectivity index (χ2n) is 10.2. The summed E-state index contributed by atoms with van der Waals surface area (Å²) in [5, 5.41) is 6.46. The van der Waals surface area contributed by atoms with Crippen molar-refractivity contribution in [3.63, 3.8) is 0 Å². The first-order valence-electron chi connectivity index (χ1n) is 12.1. The maximum Gasteiger partial charge on any atom is 0.420 e. The minimum atomic E-state index is -0.701. The van der Waals surface area contributed by atoms with Crippen molar-refractivity contribution in [2.24, 2.45) is 0 Å². The van der Waals surface area contributed by atoms with Gasteiger partial charge in [0.25, 0.3) is 0 Å². The van der Waals surface area contributed by atoms with Gasteiger partial charge < -0.3 is 20.1 Å². The number of halogens is 2. The third kappa shape index (κ3) is 6.67. The predicted molar refractivity (Wildman–Crippen MR) is 157 cm³/mol. The van der Waals surface area contributed by atoms with Gasteiger partial charge in [-0.05, 0) is 94.9 Å². The highest BCUT2D eigenvalue weighted by atomic mass is 35.5. The molecule has 7 nitrogen and oxygen atoms in total. The van der Waals surface area contributed by atoms with Gasteiger partial charge in [-0.1, -0.05) is 18.2 Å². The van der Waals surface area contributed by atoms with Crippen LogP contribution in [-0.4, -0.2) is 36.6 Å². The maximum atomic E-state index is 13.0.